The van der Waals surface area contributed by atoms with Gasteiger partial charge in [0.1, 0.15) is 5.75 Å². The number of pyridine rings is 1. The third-order valence-electron chi connectivity index (χ3n) is 2.50. The van der Waals surface area contributed by atoms with E-state index < -0.39 is 0 Å². The number of hydrogen-bond acceptors (Lipinski definition) is 2. The van der Waals surface area contributed by atoms with Gasteiger partial charge in [-0.05, 0) is 12.1 Å². The standard InChI is InChI=1S/C14H14NO2.BrH/c1-17-13-7-5-6-12(10-13)14(16)11-15-8-3-2-4-9-15;/h2-10H,11H2,1H3;1H/q+1;. The summed E-state index contributed by atoms with van der Waals surface area (Å²) in [7, 11) is 1.59. The van der Waals surface area contributed by atoms with Crippen molar-refractivity contribution in [3.63, 3.8) is 0 Å². The lowest BCUT2D eigenvalue weighted by atomic mass is 10.1. The molecule has 3 nitrogen and oxygen atoms in total. The van der Waals surface area contributed by atoms with Crippen molar-refractivity contribution in [2.24, 2.45) is 0 Å². The Morgan fingerprint density at radius 3 is 2.56 bits per heavy atom. The number of carbonyl (C=O) groups excluding carboxylic acids is 1. The maximum absolute atomic E-state index is 12.0. The number of ether oxygens (including phenoxy) is 1. The lowest BCUT2D eigenvalue weighted by molar-refractivity contribution is -0.683. The van der Waals surface area contributed by atoms with Crippen LogP contribution in [0.5, 0.6) is 5.75 Å². The van der Waals surface area contributed by atoms with Gasteiger partial charge in [-0.1, -0.05) is 18.2 Å². The summed E-state index contributed by atoms with van der Waals surface area (Å²) in [5.74, 6) is 0.772. The molecular weight excluding hydrogens is 294 g/mol. The van der Waals surface area contributed by atoms with E-state index in [1.54, 1.807) is 19.2 Å². The number of nitrogens with zero attached hydrogens (tertiary/aromatic N) is 1. The molecule has 0 aliphatic rings. The molecule has 18 heavy (non-hydrogen) atoms. The summed E-state index contributed by atoms with van der Waals surface area (Å²) < 4.78 is 6.95. The molecule has 0 fully saturated rings. The number of rotatable bonds is 4. The molecule has 94 valence electrons. The van der Waals surface area contributed by atoms with E-state index in [4.69, 9.17) is 4.74 Å². The minimum atomic E-state index is 0. The number of carbonyl (C=O) groups is 1. The van der Waals surface area contributed by atoms with Crippen molar-refractivity contribution in [2.75, 3.05) is 7.11 Å². The van der Waals surface area contributed by atoms with Crippen LogP contribution in [-0.4, -0.2) is 12.9 Å². The summed E-state index contributed by atoms with van der Waals surface area (Å²) in [5.41, 5.74) is 0.667. The number of hydrogen-bond donors (Lipinski definition) is 0. The first-order valence-electron chi connectivity index (χ1n) is 5.41. The highest BCUT2D eigenvalue weighted by molar-refractivity contribution is 8.93. The molecule has 0 aliphatic heterocycles. The van der Waals surface area contributed by atoms with Gasteiger partial charge in [0.15, 0.2) is 12.4 Å². The second-order valence-corrected chi connectivity index (χ2v) is 3.70. The zero-order chi connectivity index (χ0) is 12.1. The van der Waals surface area contributed by atoms with Crippen LogP contribution in [0.3, 0.4) is 0 Å². The van der Waals surface area contributed by atoms with Gasteiger partial charge in [0, 0.05) is 17.7 Å². The number of halogens is 1. The van der Waals surface area contributed by atoms with Crippen molar-refractivity contribution in [2.45, 2.75) is 6.54 Å². The van der Waals surface area contributed by atoms with E-state index in [2.05, 4.69) is 0 Å². The number of methoxy groups -OCH3 is 1. The number of ketones is 1. The second-order valence-electron chi connectivity index (χ2n) is 3.70. The monoisotopic (exact) mass is 308 g/mol. The Balaban J connectivity index is 0.00000162. The van der Waals surface area contributed by atoms with Crippen molar-refractivity contribution in [1.82, 2.24) is 0 Å². The Morgan fingerprint density at radius 2 is 1.89 bits per heavy atom. The molecule has 0 amide bonds. The molecule has 0 unspecified atom stereocenters. The van der Waals surface area contributed by atoms with Gasteiger partial charge in [0.05, 0.1) is 7.11 Å². The molecule has 1 heterocycles. The van der Waals surface area contributed by atoms with Gasteiger partial charge in [0.2, 0.25) is 12.3 Å². The summed E-state index contributed by atoms with van der Waals surface area (Å²) in [6.45, 7) is 0.341. The fourth-order valence-electron chi connectivity index (χ4n) is 1.59. The Hall–Kier alpha value is -1.68. The normalized spacial score (nSPS) is 9.39. The molecule has 4 heteroatoms. The smallest absolute Gasteiger partial charge is 0.227 e. The van der Waals surface area contributed by atoms with E-state index in [-0.39, 0.29) is 22.8 Å². The molecule has 1 aromatic carbocycles. The van der Waals surface area contributed by atoms with Crippen molar-refractivity contribution in [3.8, 4) is 5.75 Å². The van der Waals surface area contributed by atoms with Crippen LogP contribution in [0.25, 0.3) is 0 Å². The maximum atomic E-state index is 12.0. The third kappa shape index (κ3) is 3.67. The first-order chi connectivity index (χ1) is 8.29. The van der Waals surface area contributed by atoms with E-state index in [0.717, 1.165) is 0 Å². The third-order valence-corrected chi connectivity index (χ3v) is 2.50. The van der Waals surface area contributed by atoms with Crippen LogP contribution >= 0.6 is 17.0 Å². The van der Waals surface area contributed by atoms with Gasteiger partial charge >= 0.3 is 0 Å². The molecule has 1 aromatic heterocycles. The predicted molar refractivity (Wildman–Crippen MR) is 74.3 cm³/mol. The summed E-state index contributed by atoms with van der Waals surface area (Å²) in [4.78, 5) is 12.0. The number of benzene rings is 1. The zero-order valence-electron chi connectivity index (χ0n) is 10.1. The lowest BCUT2D eigenvalue weighted by Gasteiger charge is -2.01. The van der Waals surface area contributed by atoms with Gasteiger partial charge in [-0.15, -0.1) is 17.0 Å². The van der Waals surface area contributed by atoms with Crippen LogP contribution < -0.4 is 9.30 Å². The average molecular weight is 309 g/mol. The minimum absolute atomic E-state index is 0. The van der Waals surface area contributed by atoms with E-state index in [9.17, 15) is 4.79 Å². The second kappa shape index (κ2) is 6.91. The van der Waals surface area contributed by atoms with E-state index in [1.807, 2.05) is 47.3 Å². The van der Waals surface area contributed by atoms with Crippen LogP contribution in [0.4, 0.5) is 0 Å². The van der Waals surface area contributed by atoms with Crippen molar-refractivity contribution in [3.05, 3.63) is 60.4 Å². The van der Waals surface area contributed by atoms with Gasteiger partial charge in [0.25, 0.3) is 0 Å². The quantitative estimate of drug-likeness (QED) is 0.641. The van der Waals surface area contributed by atoms with E-state index >= 15 is 0 Å². The summed E-state index contributed by atoms with van der Waals surface area (Å²) in [6.07, 6.45) is 3.75. The number of Topliss-reactive ketones (excluding diaryl/α,β-unsaturated/α-hetero) is 1. The predicted octanol–water partition coefficient (Wildman–Crippen LogP) is 2.44. The summed E-state index contributed by atoms with van der Waals surface area (Å²) in [5, 5.41) is 0. The van der Waals surface area contributed by atoms with Gasteiger partial charge in [-0.2, -0.15) is 4.57 Å². The van der Waals surface area contributed by atoms with Crippen LogP contribution in [0, 0.1) is 0 Å². The van der Waals surface area contributed by atoms with Crippen molar-refractivity contribution < 1.29 is 14.1 Å². The Morgan fingerprint density at radius 1 is 1.17 bits per heavy atom. The molecule has 2 rings (SSSR count). The SMILES string of the molecule is Br.COc1cccc(C(=O)C[n+]2ccccc2)c1. The Bertz CT molecular complexity index is 514. The van der Waals surface area contributed by atoms with Gasteiger partial charge < -0.3 is 4.74 Å². The molecule has 0 saturated carbocycles. The highest BCUT2D eigenvalue weighted by Crippen LogP contribution is 2.12. The van der Waals surface area contributed by atoms with Gasteiger partial charge in [-0.25, -0.2) is 0 Å². The highest BCUT2D eigenvalue weighted by Gasteiger charge is 2.11. The molecule has 0 aliphatic carbocycles. The van der Waals surface area contributed by atoms with Crippen molar-refractivity contribution >= 4 is 22.8 Å². The first kappa shape index (κ1) is 14.4. The lowest BCUT2D eigenvalue weighted by Crippen LogP contribution is -2.36. The largest absolute Gasteiger partial charge is 0.497 e. The van der Waals surface area contributed by atoms with Crippen LogP contribution in [0.15, 0.2) is 54.9 Å². The van der Waals surface area contributed by atoms with Crippen molar-refractivity contribution in [1.29, 1.82) is 0 Å². The molecule has 0 atom stereocenters. The Labute approximate surface area is 117 Å². The summed E-state index contributed by atoms with van der Waals surface area (Å²) >= 11 is 0. The topological polar surface area (TPSA) is 30.2 Å². The molecule has 0 N–H and O–H groups in total. The zero-order valence-corrected chi connectivity index (χ0v) is 11.8. The molecule has 2 aromatic rings. The molecule has 0 radical (unpaired) electrons. The van der Waals surface area contributed by atoms with Crippen LogP contribution in [0.2, 0.25) is 0 Å². The molecule has 0 bridgehead atoms. The van der Waals surface area contributed by atoms with E-state index in [0.29, 0.717) is 17.9 Å². The van der Waals surface area contributed by atoms with Crippen LogP contribution in [0.1, 0.15) is 10.4 Å². The number of aromatic nitrogens is 1. The van der Waals surface area contributed by atoms with Crippen LogP contribution in [-0.2, 0) is 6.54 Å². The fourth-order valence-corrected chi connectivity index (χ4v) is 1.59. The van der Waals surface area contributed by atoms with Gasteiger partial charge in [-0.3, -0.25) is 4.79 Å². The average Bonchev–Trinajstić information content (AvgIpc) is 2.40. The molecule has 0 spiro atoms. The maximum Gasteiger partial charge on any atom is 0.227 e. The molecular formula is C14H15BrNO2+. The summed E-state index contributed by atoms with van der Waals surface area (Å²) in [6, 6.07) is 12.9. The fraction of sp³-hybridized carbons (Fsp3) is 0.143. The molecule has 0 saturated heterocycles. The van der Waals surface area contributed by atoms with E-state index in [1.165, 1.54) is 0 Å². The highest BCUT2D eigenvalue weighted by atomic mass is 79.9. The first-order valence-corrected chi connectivity index (χ1v) is 5.41. The minimum Gasteiger partial charge on any atom is -0.497 e. The Kier molecular flexibility index (Phi) is 5.52.